The van der Waals surface area contributed by atoms with Gasteiger partial charge in [0.15, 0.2) is 5.96 Å². The lowest BCUT2D eigenvalue weighted by molar-refractivity contribution is 0.630. The molecule has 0 aliphatic carbocycles. The molecule has 1 aromatic carbocycles. The molecule has 0 bridgehead atoms. The van der Waals surface area contributed by atoms with Crippen LogP contribution in [-0.4, -0.2) is 11.9 Å². The van der Waals surface area contributed by atoms with Crippen LogP contribution in [0.3, 0.4) is 0 Å². The molecular weight excluding hydrogens is 221 g/mol. The second-order valence-electron chi connectivity index (χ2n) is 2.58. The highest BCUT2D eigenvalue weighted by atomic mass is 35.5. The first-order chi connectivity index (χ1) is 7.00. The zero-order chi connectivity index (χ0) is 11.4. The lowest BCUT2D eigenvalue weighted by atomic mass is 10.3. The SMILES string of the molecule is NC(N)=NC(N)=Nc1c(F)cccc1Cl. The van der Waals surface area contributed by atoms with Crippen molar-refractivity contribution in [2.24, 2.45) is 27.2 Å². The number of halogens is 2. The van der Waals surface area contributed by atoms with Gasteiger partial charge in [-0.05, 0) is 12.1 Å². The maximum absolute atomic E-state index is 13.2. The number of para-hydroxylation sites is 1. The average Bonchev–Trinajstić information content (AvgIpc) is 2.10. The summed E-state index contributed by atoms with van der Waals surface area (Å²) in [6.45, 7) is 0. The standard InChI is InChI=1S/C8H9ClFN5/c9-4-2-1-3-5(10)6(4)14-8(13)15-7(11)12/h1-3H,(H6,11,12,13,14,15). The molecule has 0 aliphatic heterocycles. The van der Waals surface area contributed by atoms with Crippen molar-refractivity contribution < 1.29 is 4.39 Å². The summed E-state index contributed by atoms with van der Waals surface area (Å²) in [4.78, 5) is 7.07. The van der Waals surface area contributed by atoms with E-state index in [2.05, 4.69) is 9.98 Å². The van der Waals surface area contributed by atoms with Crippen LogP contribution in [0.15, 0.2) is 28.2 Å². The fourth-order valence-electron chi connectivity index (χ4n) is 0.868. The third-order valence-corrected chi connectivity index (χ3v) is 1.71. The van der Waals surface area contributed by atoms with E-state index >= 15 is 0 Å². The molecule has 0 spiro atoms. The molecule has 15 heavy (non-hydrogen) atoms. The van der Waals surface area contributed by atoms with Crippen LogP contribution in [0.25, 0.3) is 0 Å². The molecule has 5 nitrogen and oxygen atoms in total. The Morgan fingerprint density at radius 2 is 1.93 bits per heavy atom. The lowest BCUT2D eigenvalue weighted by Gasteiger charge is -2.00. The minimum atomic E-state index is -0.601. The predicted octanol–water partition coefficient (Wildman–Crippen LogP) is 0.699. The van der Waals surface area contributed by atoms with E-state index < -0.39 is 5.82 Å². The van der Waals surface area contributed by atoms with E-state index in [1.807, 2.05) is 0 Å². The minimum Gasteiger partial charge on any atom is -0.370 e. The summed E-state index contributed by atoms with van der Waals surface area (Å²) in [5.74, 6) is -1.12. The molecule has 0 unspecified atom stereocenters. The molecule has 0 saturated heterocycles. The average molecular weight is 230 g/mol. The Balaban J connectivity index is 3.13. The Morgan fingerprint density at radius 1 is 1.27 bits per heavy atom. The van der Waals surface area contributed by atoms with Gasteiger partial charge in [0.05, 0.1) is 5.02 Å². The summed E-state index contributed by atoms with van der Waals surface area (Å²) in [5, 5.41) is 0.128. The molecule has 0 aromatic heterocycles. The molecule has 6 N–H and O–H groups in total. The number of rotatable bonds is 1. The van der Waals surface area contributed by atoms with Crippen molar-refractivity contribution in [3.8, 4) is 0 Å². The van der Waals surface area contributed by atoms with E-state index in [1.54, 1.807) is 0 Å². The molecule has 0 saturated carbocycles. The summed E-state index contributed by atoms with van der Waals surface area (Å²) < 4.78 is 13.2. The Labute approximate surface area is 90.4 Å². The van der Waals surface area contributed by atoms with Crippen molar-refractivity contribution >= 4 is 29.2 Å². The van der Waals surface area contributed by atoms with Gasteiger partial charge in [0, 0.05) is 0 Å². The second kappa shape index (κ2) is 4.61. The van der Waals surface area contributed by atoms with Gasteiger partial charge in [-0.3, -0.25) is 0 Å². The quantitative estimate of drug-likeness (QED) is 0.488. The monoisotopic (exact) mass is 229 g/mol. The zero-order valence-electron chi connectivity index (χ0n) is 7.61. The van der Waals surface area contributed by atoms with Crippen LogP contribution in [0, 0.1) is 5.82 Å². The largest absolute Gasteiger partial charge is 0.370 e. The molecule has 0 amide bonds. The molecule has 80 valence electrons. The molecule has 0 radical (unpaired) electrons. The lowest BCUT2D eigenvalue weighted by Crippen LogP contribution is -2.26. The van der Waals surface area contributed by atoms with E-state index in [0.29, 0.717) is 0 Å². The highest BCUT2D eigenvalue weighted by molar-refractivity contribution is 6.33. The number of nitrogens with zero attached hydrogens (tertiary/aromatic N) is 2. The summed E-state index contributed by atoms with van der Waals surface area (Å²) in [7, 11) is 0. The minimum absolute atomic E-state index is 0.0957. The first-order valence-electron chi connectivity index (χ1n) is 3.88. The van der Waals surface area contributed by atoms with Crippen LogP contribution in [0.2, 0.25) is 5.02 Å². The highest BCUT2D eigenvalue weighted by Crippen LogP contribution is 2.27. The van der Waals surface area contributed by atoms with Crippen LogP contribution < -0.4 is 17.2 Å². The molecular formula is C8H9ClFN5. The van der Waals surface area contributed by atoms with Crippen LogP contribution >= 0.6 is 11.6 Å². The molecule has 0 atom stereocenters. The predicted molar refractivity (Wildman–Crippen MR) is 58.5 cm³/mol. The fourth-order valence-corrected chi connectivity index (χ4v) is 1.07. The van der Waals surface area contributed by atoms with E-state index in [9.17, 15) is 4.39 Å². The van der Waals surface area contributed by atoms with Gasteiger partial charge in [-0.15, -0.1) is 0 Å². The summed E-state index contributed by atoms with van der Waals surface area (Å²) >= 11 is 5.70. The van der Waals surface area contributed by atoms with Crippen LogP contribution in [0.5, 0.6) is 0 Å². The van der Waals surface area contributed by atoms with Crippen molar-refractivity contribution in [1.82, 2.24) is 0 Å². The van der Waals surface area contributed by atoms with Gasteiger partial charge in [-0.25, -0.2) is 9.38 Å². The van der Waals surface area contributed by atoms with E-state index in [4.69, 9.17) is 28.8 Å². The van der Waals surface area contributed by atoms with Gasteiger partial charge in [-0.1, -0.05) is 17.7 Å². The van der Waals surface area contributed by atoms with Gasteiger partial charge in [0.1, 0.15) is 11.5 Å². The molecule has 0 heterocycles. The van der Waals surface area contributed by atoms with Gasteiger partial charge in [-0.2, -0.15) is 4.99 Å². The first-order valence-corrected chi connectivity index (χ1v) is 4.26. The molecule has 0 aliphatic rings. The summed E-state index contributed by atoms with van der Waals surface area (Å²) in [5.41, 5.74) is 15.4. The number of guanidine groups is 2. The number of hydrogen-bond donors (Lipinski definition) is 3. The molecule has 0 fully saturated rings. The third-order valence-electron chi connectivity index (χ3n) is 1.41. The maximum atomic E-state index is 13.2. The normalized spacial score (nSPS) is 11.2. The molecule has 7 heteroatoms. The molecule has 1 aromatic rings. The maximum Gasteiger partial charge on any atom is 0.223 e. The Bertz CT molecular complexity index is 405. The van der Waals surface area contributed by atoms with Crippen molar-refractivity contribution in [1.29, 1.82) is 0 Å². The smallest absolute Gasteiger partial charge is 0.223 e. The summed E-state index contributed by atoms with van der Waals surface area (Å²) in [6.07, 6.45) is 0. The number of nitrogens with two attached hydrogens (primary N) is 3. The second-order valence-corrected chi connectivity index (χ2v) is 2.98. The van der Waals surface area contributed by atoms with Gasteiger partial charge < -0.3 is 17.2 Å². The van der Waals surface area contributed by atoms with E-state index in [-0.39, 0.29) is 22.6 Å². The van der Waals surface area contributed by atoms with Crippen molar-refractivity contribution in [3.05, 3.63) is 29.0 Å². The Morgan fingerprint density at radius 3 is 2.47 bits per heavy atom. The van der Waals surface area contributed by atoms with Gasteiger partial charge >= 0.3 is 0 Å². The van der Waals surface area contributed by atoms with E-state index in [0.717, 1.165) is 0 Å². The van der Waals surface area contributed by atoms with Crippen LogP contribution in [-0.2, 0) is 0 Å². The van der Waals surface area contributed by atoms with Gasteiger partial charge in [0.25, 0.3) is 0 Å². The molecule has 1 rings (SSSR count). The van der Waals surface area contributed by atoms with Gasteiger partial charge in [0.2, 0.25) is 5.96 Å². The van der Waals surface area contributed by atoms with Crippen LogP contribution in [0.1, 0.15) is 0 Å². The highest BCUT2D eigenvalue weighted by Gasteiger charge is 2.05. The number of benzene rings is 1. The Kier molecular flexibility index (Phi) is 3.46. The fraction of sp³-hybridized carbons (Fsp3) is 0. The first kappa shape index (κ1) is 11.3. The van der Waals surface area contributed by atoms with Crippen molar-refractivity contribution in [2.75, 3.05) is 0 Å². The van der Waals surface area contributed by atoms with Crippen LogP contribution in [0.4, 0.5) is 10.1 Å². The van der Waals surface area contributed by atoms with Crippen molar-refractivity contribution in [3.63, 3.8) is 0 Å². The summed E-state index contributed by atoms with van der Waals surface area (Å²) in [6, 6.07) is 4.13. The topological polar surface area (TPSA) is 103 Å². The van der Waals surface area contributed by atoms with Crippen molar-refractivity contribution in [2.45, 2.75) is 0 Å². The number of aliphatic imine (C=N–C) groups is 2. The third kappa shape index (κ3) is 3.10. The Hall–Kier alpha value is -1.82. The number of hydrogen-bond acceptors (Lipinski definition) is 1. The zero-order valence-corrected chi connectivity index (χ0v) is 8.37. The van der Waals surface area contributed by atoms with E-state index in [1.165, 1.54) is 18.2 Å².